The molecule has 5 N–H and O–H groups in total. The standard InChI is InChI=1S/C11H14N4O4/c12-10-7-5(1-2-13-10)15(4-14-7)11-9(18)8(17)6(3-16)19-11/h1-2,4,6,8-9,11,16-18H,3H2,(H2,12,13)/t6-,8+,9-,11-/m1/s1. The van der Waals surface area contributed by atoms with Gasteiger partial charge in [0, 0.05) is 6.20 Å². The van der Waals surface area contributed by atoms with Crippen molar-refractivity contribution in [2.24, 2.45) is 0 Å². The van der Waals surface area contributed by atoms with Crippen LogP contribution in [0.4, 0.5) is 5.82 Å². The number of anilines is 1. The lowest BCUT2D eigenvalue weighted by molar-refractivity contribution is -0.0508. The lowest BCUT2D eigenvalue weighted by atomic mass is 10.1. The number of imidazole rings is 1. The van der Waals surface area contributed by atoms with E-state index in [0.717, 1.165) is 0 Å². The minimum absolute atomic E-state index is 0.281. The number of ether oxygens (including phenoxy) is 1. The van der Waals surface area contributed by atoms with E-state index < -0.39 is 24.5 Å². The second-order valence-corrected chi connectivity index (χ2v) is 4.44. The highest BCUT2D eigenvalue weighted by atomic mass is 16.6. The van der Waals surface area contributed by atoms with E-state index in [4.69, 9.17) is 15.6 Å². The summed E-state index contributed by atoms with van der Waals surface area (Å²) in [5, 5.41) is 28.8. The van der Waals surface area contributed by atoms with Crippen molar-refractivity contribution in [3.8, 4) is 0 Å². The lowest BCUT2D eigenvalue weighted by Gasteiger charge is -2.16. The molecule has 19 heavy (non-hydrogen) atoms. The van der Waals surface area contributed by atoms with E-state index in [2.05, 4.69) is 9.97 Å². The molecular formula is C11H14N4O4. The molecule has 8 nitrogen and oxygen atoms in total. The third-order valence-electron chi connectivity index (χ3n) is 3.31. The molecule has 0 aliphatic carbocycles. The van der Waals surface area contributed by atoms with Crippen molar-refractivity contribution in [2.45, 2.75) is 24.5 Å². The van der Waals surface area contributed by atoms with Crippen molar-refractivity contribution in [3.63, 3.8) is 0 Å². The van der Waals surface area contributed by atoms with Gasteiger partial charge in [0.2, 0.25) is 0 Å². The Hall–Kier alpha value is -1.74. The predicted octanol–water partition coefficient (Wildman–Crippen LogP) is -1.38. The Morgan fingerprint density at radius 1 is 1.32 bits per heavy atom. The summed E-state index contributed by atoms with van der Waals surface area (Å²) >= 11 is 0. The number of nitrogen functional groups attached to an aromatic ring is 1. The summed E-state index contributed by atoms with van der Waals surface area (Å²) in [7, 11) is 0. The van der Waals surface area contributed by atoms with Gasteiger partial charge in [-0.25, -0.2) is 9.97 Å². The van der Waals surface area contributed by atoms with Crippen molar-refractivity contribution in [3.05, 3.63) is 18.6 Å². The second-order valence-electron chi connectivity index (χ2n) is 4.44. The average Bonchev–Trinajstić information content (AvgIpc) is 2.94. The van der Waals surface area contributed by atoms with Crippen molar-refractivity contribution in [1.82, 2.24) is 14.5 Å². The summed E-state index contributed by atoms with van der Waals surface area (Å²) in [6.45, 7) is -0.370. The summed E-state index contributed by atoms with van der Waals surface area (Å²) < 4.78 is 7.01. The van der Waals surface area contributed by atoms with Gasteiger partial charge in [-0.05, 0) is 6.07 Å². The minimum Gasteiger partial charge on any atom is -0.394 e. The molecule has 4 atom stereocenters. The smallest absolute Gasteiger partial charge is 0.164 e. The number of aliphatic hydroxyl groups is 3. The maximum atomic E-state index is 9.98. The second kappa shape index (κ2) is 4.42. The summed E-state index contributed by atoms with van der Waals surface area (Å²) in [5.41, 5.74) is 6.85. The number of pyridine rings is 1. The molecule has 0 amide bonds. The van der Waals surface area contributed by atoms with E-state index in [1.165, 1.54) is 12.5 Å². The zero-order valence-electron chi connectivity index (χ0n) is 9.92. The van der Waals surface area contributed by atoms with Crippen LogP contribution in [0.1, 0.15) is 6.23 Å². The first-order valence-corrected chi connectivity index (χ1v) is 5.83. The molecule has 1 fully saturated rings. The number of nitrogens with two attached hydrogens (primary N) is 1. The Bertz CT molecular complexity index is 601. The van der Waals surface area contributed by atoms with Gasteiger partial charge in [-0.3, -0.25) is 0 Å². The molecular weight excluding hydrogens is 252 g/mol. The molecule has 0 bridgehead atoms. The van der Waals surface area contributed by atoms with Crippen LogP contribution in [0.5, 0.6) is 0 Å². The molecule has 2 aromatic rings. The number of hydrogen-bond acceptors (Lipinski definition) is 7. The van der Waals surface area contributed by atoms with E-state index in [1.807, 2.05) is 0 Å². The Morgan fingerprint density at radius 3 is 2.79 bits per heavy atom. The summed E-state index contributed by atoms with van der Waals surface area (Å²) in [6, 6.07) is 1.69. The van der Waals surface area contributed by atoms with Crippen LogP contribution in [0, 0.1) is 0 Å². The van der Waals surface area contributed by atoms with Crippen molar-refractivity contribution in [1.29, 1.82) is 0 Å². The van der Waals surface area contributed by atoms with Crippen LogP contribution in [0.15, 0.2) is 18.6 Å². The quantitative estimate of drug-likeness (QED) is 0.528. The van der Waals surface area contributed by atoms with Gasteiger partial charge >= 0.3 is 0 Å². The SMILES string of the molecule is Nc1nccc2c1ncn2[C@@H]1O[C@H](CO)[C@H](O)[C@H]1O. The van der Waals surface area contributed by atoms with Gasteiger partial charge in [-0.1, -0.05) is 0 Å². The predicted molar refractivity (Wildman–Crippen MR) is 64.9 cm³/mol. The molecule has 1 aliphatic heterocycles. The van der Waals surface area contributed by atoms with Crippen LogP contribution in [-0.4, -0.2) is 54.8 Å². The zero-order valence-corrected chi connectivity index (χ0v) is 9.92. The van der Waals surface area contributed by atoms with E-state index in [1.54, 1.807) is 10.6 Å². The maximum Gasteiger partial charge on any atom is 0.164 e. The molecule has 3 rings (SSSR count). The van der Waals surface area contributed by atoms with Crippen LogP contribution in [0.25, 0.3) is 11.0 Å². The number of rotatable bonds is 2. The summed E-state index contributed by atoms with van der Waals surface area (Å²) in [6.07, 6.45) is -0.952. The fourth-order valence-electron chi connectivity index (χ4n) is 2.29. The molecule has 0 spiro atoms. The zero-order chi connectivity index (χ0) is 13.6. The summed E-state index contributed by atoms with van der Waals surface area (Å²) in [5.74, 6) is 0.281. The monoisotopic (exact) mass is 266 g/mol. The van der Waals surface area contributed by atoms with E-state index in [-0.39, 0.29) is 12.4 Å². The van der Waals surface area contributed by atoms with Gasteiger partial charge in [0.1, 0.15) is 23.8 Å². The Kier molecular flexibility index (Phi) is 2.86. The van der Waals surface area contributed by atoms with Gasteiger partial charge < -0.3 is 30.4 Å². The molecule has 8 heteroatoms. The average molecular weight is 266 g/mol. The highest BCUT2D eigenvalue weighted by molar-refractivity contribution is 5.84. The highest BCUT2D eigenvalue weighted by Gasteiger charge is 2.43. The molecule has 0 unspecified atom stereocenters. The highest BCUT2D eigenvalue weighted by Crippen LogP contribution is 2.32. The third-order valence-corrected chi connectivity index (χ3v) is 3.31. The van der Waals surface area contributed by atoms with Crippen LogP contribution in [0.2, 0.25) is 0 Å². The minimum atomic E-state index is -1.15. The van der Waals surface area contributed by atoms with Gasteiger partial charge in [-0.15, -0.1) is 0 Å². The van der Waals surface area contributed by atoms with Crippen LogP contribution in [0.3, 0.4) is 0 Å². The fourth-order valence-corrected chi connectivity index (χ4v) is 2.29. The Balaban J connectivity index is 2.04. The van der Waals surface area contributed by atoms with Crippen molar-refractivity contribution in [2.75, 3.05) is 12.3 Å². The van der Waals surface area contributed by atoms with Crippen LogP contribution < -0.4 is 5.73 Å². The molecule has 0 saturated carbocycles. The van der Waals surface area contributed by atoms with E-state index in [9.17, 15) is 10.2 Å². The molecule has 2 aromatic heterocycles. The molecule has 1 aliphatic rings. The van der Waals surface area contributed by atoms with E-state index >= 15 is 0 Å². The lowest BCUT2D eigenvalue weighted by Crippen LogP contribution is -2.33. The van der Waals surface area contributed by atoms with Crippen molar-refractivity contribution >= 4 is 16.9 Å². The van der Waals surface area contributed by atoms with Gasteiger partial charge in [-0.2, -0.15) is 0 Å². The van der Waals surface area contributed by atoms with Crippen LogP contribution >= 0.6 is 0 Å². The first-order chi connectivity index (χ1) is 9.13. The molecule has 0 radical (unpaired) electrons. The number of fused-ring (bicyclic) bond motifs is 1. The first kappa shape index (κ1) is 12.3. The normalized spacial score (nSPS) is 31.1. The Labute approximate surface area is 108 Å². The number of hydrogen-bond donors (Lipinski definition) is 4. The number of aromatic nitrogens is 3. The molecule has 0 aromatic carbocycles. The number of aliphatic hydroxyl groups excluding tert-OH is 3. The number of nitrogens with zero attached hydrogens (tertiary/aromatic N) is 3. The Morgan fingerprint density at radius 2 is 2.11 bits per heavy atom. The molecule has 3 heterocycles. The summed E-state index contributed by atoms with van der Waals surface area (Å²) in [4.78, 5) is 8.03. The third kappa shape index (κ3) is 1.77. The van der Waals surface area contributed by atoms with Gasteiger partial charge in [0.25, 0.3) is 0 Å². The van der Waals surface area contributed by atoms with Gasteiger partial charge in [0.15, 0.2) is 12.0 Å². The van der Waals surface area contributed by atoms with Crippen LogP contribution in [-0.2, 0) is 4.74 Å². The largest absolute Gasteiger partial charge is 0.394 e. The molecule has 102 valence electrons. The van der Waals surface area contributed by atoms with Gasteiger partial charge in [0.05, 0.1) is 18.5 Å². The van der Waals surface area contributed by atoms with Crippen molar-refractivity contribution < 1.29 is 20.1 Å². The topological polar surface area (TPSA) is 127 Å². The molecule has 1 saturated heterocycles. The van der Waals surface area contributed by atoms with E-state index in [0.29, 0.717) is 11.0 Å². The maximum absolute atomic E-state index is 9.98. The first-order valence-electron chi connectivity index (χ1n) is 5.83. The fraction of sp³-hybridized carbons (Fsp3) is 0.455.